The maximum Gasteiger partial charge on any atom is 0.0640 e. The van der Waals surface area contributed by atoms with Crippen LogP contribution in [0.4, 0.5) is 0 Å². The summed E-state index contributed by atoms with van der Waals surface area (Å²) in [6.45, 7) is 0. The molecule has 0 bridgehead atoms. The van der Waals surface area contributed by atoms with E-state index in [-0.39, 0.29) is 6.04 Å². The van der Waals surface area contributed by atoms with Crippen LogP contribution in [0, 0.1) is 5.92 Å². The Hall–Kier alpha value is -0.240. The largest absolute Gasteiger partial charge is 0.324 e. The monoisotopic (exact) mass is 229 g/mol. The van der Waals surface area contributed by atoms with Crippen molar-refractivity contribution in [2.75, 3.05) is 0 Å². The highest BCUT2D eigenvalue weighted by Crippen LogP contribution is 2.39. The van der Waals surface area contributed by atoms with Crippen LogP contribution in [0.1, 0.15) is 30.9 Å². The smallest absolute Gasteiger partial charge is 0.0640 e. The number of hydrogen-bond donors (Lipinski definition) is 1. The highest BCUT2D eigenvalue weighted by atomic mass is 35.5. The van der Waals surface area contributed by atoms with Gasteiger partial charge in [0.25, 0.3) is 0 Å². The number of nitrogens with two attached hydrogens (primary N) is 1. The summed E-state index contributed by atoms with van der Waals surface area (Å²) in [5.74, 6) is 0.806. The number of halogens is 2. The van der Waals surface area contributed by atoms with Crippen molar-refractivity contribution in [3.63, 3.8) is 0 Å². The Morgan fingerprint density at radius 3 is 2.71 bits per heavy atom. The molecule has 1 fully saturated rings. The van der Waals surface area contributed by atoms with E-state index in [4.69, 9.17) is 28.9 Å². The Balaban J connectivity index is 2.16. The van der Waals surface area contributed by atoms with Gasteiger partial charge in [-0.05, 0) is 24.0 Å². The average Bonchev–Trinajstić information content (AvgIpc) is 2.93. The number of benzene rings is 1. The summed E-state index contributed by atoms with van der Waals surface area (Å²) < 4.78 is 0. The predicted molar refractivity (Wildman–Crippen MR) is 60.7 cm³/mol. The molecule has 3 heteroatoms. The van der Waals surface area contributed by atoms with Gasteiger partial charge in [-0.15, -0.1) is 0 Å². The van der Waals surface area contributed by atoms with Gasteiger partial charge in [0, 0.05) is 6.04 Å². The molecule has 0 amide bonds. The van der Waals surface area contributed by atoms with E-state index in [1.54, 1.807) is 6.07 Å². The summed E-state index contributed by atoms with van der Waals surface area (Å²) in [4.78, 5) is 0. The first-order valence-electron chi connectivity index (χ1n) is 4.88. The first-order valence-corrected chi connectivity index (χ1v) is 5.63. The van der Waals surface area contributed by atoms with Crippen molar-refractivity contribution in [2.45, 2.75) is 25.3 Å². The van der Waals surface area contributed by atoms with Gasteiger partial charge in [-0.25, -0.2) is 0 Å². The van der Waals surface area contributed by atoms with Gasteiger partial charge in [0.15, 0.2) is 0 Å². The van der Waals surface area contributed by atoms with Crippen LogP contribution in [0.25, 0.3) is 0 Å². The molecule has 0 aromatic heterocycles. The molecule has 2 N–H and O–H groups in total. The van der Waals surface area contributed by atoms with Gasteiger partial charge in [0.05, 0.1) is 10.0 Å². The summed E-state index contributed by atoms with van der Waals surface area (Å²) in [5, 5.41) is 1.21. The van der Waals surface area contributed by atoms with Gasteiger partial charge in [-0.3, -0.25) is 0 Å². The molecule has 1 nitrogen and oxygen atoms in total. The molecule has 1 aliphatic carbocycles. The van der Waals surface area contributed by atoms with Crippen molar-refractivity contribution in [3.8, 4) is 0 Å². The number of hydrogen-bond acceptors (Lipinski definition) is 1. The highest BCUT2D eigenvalue weighted by Gasteiger charge is 2.25. The maximum atomic E-state index is 6.08. The zero-order valence-electron chi connectivity index (χ0n) is 7.84. The van der Waals surface area contributed by atoms with E-state index in [1.807, 2.05) is 12.1 Å². The van der Waals surface area contributed by atoms with Crippen molar-refractivity contribution in [2.24, 2.45) is 11.7 Å². The lowest BCUT2D eigenvalue weighted by atomic mass is 10.0. The second-order valence-corrected chi connectivity index (χ2v) is 4.71. The van der Waals surface area contributed by atoms with Gasteiger partial charge < -0.3 is 5.73 Å². The molecule has 0 aliphatic heterocycles. The van der Waals surface area contributed by atoms with Crippen molar-refractivity contribution < 1.29 is 0 Å². The van der Waals surface area contributed by atoms with Gasteiger partial charge >= 0.3 is 0 Å². The third kappa shape index (κ3) is 2.22. The van der Waals surface area contributed by atoms with Crippen LogP contribution >= 0.6 is 23.2 Å². The zero-order chi connectivity index (χ0) is 10.1. The van der Waals surface area contributed by atoms with Crippen LogP contribution in [0.5, 0.6) is 0 Å². The predicted octanol–water partition coefficient (Wildman–Crippen LogP) is 3.79. The van der Waals surface area contributed by atoms with Crippen LogP contribution in [0.2, 0.25) is 10.0 Å². The minimum atomic E-state index is 0.0358. The fraction of sp³-hybridized carbons (Fsp3) is 0.455. The molecule has 2 rings (SSSR count). The lowest BCUT2D eigenvalue weighted by Gasteiger charge is -2.13. The number of rotatable bonds is 3. The van der Waals surface area contributed by atoms with Gasteiger partial charge in [0.1, 0.15) is 0 Å². The first-order chi connectivity index (χ1) is 6.68. The van der Waals surface area contributed by atoms with Crippen molar-refractivity contribution in [1.82, 2.24) is 0 Å². The second-order valence-electron chi connectivity index (χ2n) is 3.93. The summed E-state index contributed by atoms with van der Waals surface area (Å²) in [5.41, 5.74) is 7.04. The zero-order valence-corrected chi connectivity index (χ0v) is 9.35. The normalized spacial score (nSPS) is 18.2. The van der Waals surface area contributed by atoms with Crippen LogP contribution in [0.15, 0.2) is 18.2 Å². The minimum absolute atomic E-state index is 0.0358. The summed E-state index contributed by atoms with van der Waals surface area (Å²) >= 11 is 12.0. The molecule has 0 radical (unpaired) electrons. The Labute approximate surface area is 94.2 Å². The van der Waals surface area contributed by atoms with Crippen molar-refractivity contribution >= 4 is 23.2 Å². The van der Waals surface area contributed by atoms with Crippen LogP contribution in [-0.4, -0.2) is 0 Å². The Bertz CT molecular complexity index is 334. The van der Waals surface area contributed by atoms with E-state index in [0.29, 0.717) is 10.0 Å². The summed E-state index contributed by atoms with van der Waals surface area (Å²) in [7, 11) is 0. The third-order valence-corrected chi connectivity index (χ3v) is 3.50. The first kappa shape index (κ1) is 10.3. The molecule has 14 heavy (non-hydrogen) atoms. The summed E-state index contributed by atoms with van der Waals surface area (Å²) in [6, 6.07) is 5.68. The van der Waals surface area contributed by atoms with E-state index in [2.05, 4.69) is 0 Å². The Kier molecular flexibility index (Phi) is 3.01. The highest BCUT2D eigenvalue weighted by molar-refractivity contribution is 6.42. The molecule has 0 heterocycles. The van der Waals surface area contributed by atoms with Crippen LogP contribution in [-0.2, 0) is 0 Å². The molecule has 0 spiro atoms. The van der Waals surface area contributed by atoms with E-state index in [0.717, 1.165) is 17.9 Å². The minimum Gasteiger partial charge on any atom is -0.324 e. The van der Waals surface area contributed by atoms with Crippen LogP contribution in [0.3, 0.4) is 0 Å². The molecule has 1 atom stereocenters. The van der Waals surface area contributed by atoms with E-state index in [1.165, 1.54) is 12.8 Å². The fourth-order valence-corrected chi connectivity index (χ4v) is 2.09. The van der Waals surface area contributed by atoms with Gasteiger partial charge in [-0.2, -0.15) is 0 Å². The topological polar surface area (TPSA) is 26.0 Å². The van der Waals surface area contributed by atoms with Gasteiger partial charge in [0.2, 0.25) is 0 Å². The molecule has 1 unspecified atom stereocenters. The molecule has 1 aromatic carbocycles. The van der Waals surface area contributed by atoms with E-state index in [9.17, 15) is 0 Å². The third-order valence-electron chi connectivity index (χ3n) is 2.67. The Morgan fingerprint density at radius 2 is 2.07 bits per heavy atom. The summed E-state index contributed by atoms with van der Waals surface area (Å²) in [6.07, 6.45) is 3.65. The second kappa shape index (κ2) is 4.09. The maximum absolute atomic E-state index is 6.08. The molecule has 1 aromatic rings. The standard InChI is InChI=1S/C11H13Cl2N/c12-9-3-1-2-8(11(9)13)10(14)6-7-4-5-7/h1-3,7,10H,4-6,14H2. The fourth-order valence-electron chi connectivity index (χ4n) is 1.65. The van der Waals surface area contributed by atoms with E-state index < -0.39 is 0 Å². The average molecular weight is 230 g/mol. The molecule has 1 aliphatic rings. The van der Waals surface area contributed by atoms with Crippen molar-refractivity contribution in [1.29, 1.82) is 0 Å². The lowest BCUT2D eigenvalue weighted by Crippen LogP contribution is -2.11. The van der Waals surface area contributed by atoms with Crippen LogP contribution < -0.4 is 5.73 Å². The molecule has 76 valence electrons. The Morgan fingerprint density at radius 1 is 1.36 bits per heavy atom. The van der Waals surface area contributed by atoms with Gasteiger partial charge in [-0.1, -0.05) is 48.2 Å². The van der Waals surface area contributed by atoms with E-state index >= 15 is 0 Å². The molecule has 1 saturated carbocycles. The molecule has 0 saturated heterocycles. The molecular formula is C11H13Cl2N. The lowest BCUT2D eigenvalue weighted by molar-refractivity contribution is 0.597. The quantitative estimate of drug-likeness (QED) is 0.839. The van der Waals surface area contributed by atoms with Crippen molar-refractivity contribution in [3.05, 3.63) is 33.8 Å². The SMILES string of the molecule is NC(CC1CC1)c1cccc(Cl)c1Cl. The molecular weight excluding hydrogens is 217 g/mol.